The van der Waals surface area contributed by atoms with E-state index in [1.165, 1.54) is 38.4 Å². The molecule has 2 heterocycles. The number of nitrogens with zero attached hydrogens (tertiary/aromatic N) is 3. The van der Waals surface area contributed by atoms with Crippen molar-refractivity contribution in [3.63, 3.8) is 0 Å². The van der Waals surface area contributed by atoms with E-state index in [1.807, 2.05) is 47.0 Å². The van der Waals surface area contributed by atoms with E-state index < -0.39 is 0 Å². The Labute approximate surface area is 226 Å². The van der Waals surface area contributed by atoms with Crippen LogP contribution in [0.1, 0.15) is 71.8 Å². The van der Waals surface area contributed by atoms with E-state index in [4.69, 9.17) is 0 Å². The molecule has 0 radical (unpaired) electrons. The second-order valence-electron chi connectivity index (χ2n) is 10.00. The highest BCUT2D eigenvalue weighted by Gasteiger charge is 2.24. The molecular formula is C30H42N6O2. The minimum Gasteiger partial charge on any atom is -0.369 e. The van der Waals surface area contributed by atoms with Crippen LogP contribution in [0.25, 0.3) is 11.1 Å². The normalized spacial score (nSPS) is 13.4. The van der Waals surface area contributed by atoms with Crippen LogP contribution in [-0.2, 0) is 6.54 Å². The second kappa shape index (κ2) is 13.9. The van der Waals surface area contributed by atoms with E-state index in [0.29, 0.717) is 17.2 Å². The molecule has 38 heavy (non-hydrogen) atoms. The van der Waals surface area contributed by atoms with Crippen LogP contribution >= 0.6 is 0 Å². The van der Waals surface area contributed by atoms with Crippen LogP contribution in [0, 0.1) is 20.8 Å². The average molecular weight is 519 g/mol. The predicted octanol–water partition coefficient (Wildman–Crippen LogP) is 4.68. The maximum atomic E-state index is 13.5. The fourth-order valence-corrected chi connectivity index (χ4v) is 5.23. The summed E-state index contributed by atoms with van der Waals surface area (Å²) < 4.78 is 0. The Bertz CT molecular complexity index is 1270. The molecule has 0 aliphatic heterocycles. The lowest BCUT2D eigenvalue weighted by Gasteiger charge is -2.37. The summed E-state index contributed by atoms with van der Waals surface area (Å²) >= 11 is 0. The van der Waals surface area contributed by atoms with Gasteiger partial charge in [-0.05, 0) is 89.5 Å². The van der Waals surface area contributed by atoms with Gasteiger partial charge in [0.2, 0.25) is 0 Å². The quantitative estimate of drug-likeness (QED) is 0.420. The van der Waals surface area contributed by atoms with E-state index in [1.54, 1.807) is 12.4 Å². The highest BCUT2D eigenvalue weighted by molar-refractivity contribution is 5.98. The van der Waals surface area contributed by atoms with Crippen molar-refractivity contribution >= 4 is 11.6 Å². The summed E-state index contributed by atoms with van der Waals surface area (Å²) in [4.78, 5) is 39.6. The van der Waals surface area contributed by atoms with Crippen molar-refractivity contribution in [1.82, 2.24) is 25.6 Å². The Morgan fingerprint density at radius 2 is 1.68 bits per heavy atom. The molecule has 0 saturated heterocycles. The molecule has 0 bridgehead atoms. The van der Waals surface area contributed by atoms with Crippen LogP contribution in [0.2, 0.25) is 0 Å². The lowest BCUT2D eigenvalue weighted by Crippen LogP contribution is -2.37. The number of nitrogens with one attached hydrogen (secondary N) is 3. The summed E-state index contributed by atoms with van der Waals surface area (Å²) in [6, 6.07) is 6.47. The predicted molar refractivity (Wildman–Crippen MR) is 155 cm³/mol. The maximum Gasteiger partial charge on any atom is 0.253 e. The average Bonchev–Trinajstić information content (AvgIpc) is 2.91. The van der Waals surface area contributed by atoms with Gasteiger partial charge in [0.05, 0.1) is 0 Å². The Hall–Kier alpha value is -3.52. The number of hydrogen-bond donors (Lipinski definition) is 3. The van der Waals surface area contributed by atoms with Gasteiger partial charge in [-0.2, -0.15) is 0 Å². The fraction of sp³-hybridized carbons (Fsp3) is 0.467. The lowest BCUT2D eigenvalue weighted by molar-refractivity contribution is 0.0950. The van der Waals surface area contributed by atoms with E-state index in [-0.39, 0.29) is 18.0 Å². The number of H-pyrrole nitrogens is 1. The van der Waals surface area contributed by atoms with Crippen molar-refractivity contribution in [3.8, 4) is 11.1 Å². The van der Waals surface area contributed by atoms with Crippen LogP contribution in [0.4, 0.5) is 5.69 Å². The van der Waals surface area contributed by atoms with Gasteiger partial charge in [0.25, 0.3) is 11.5 Å². The molecule has 0 atom stereocenters. The number of aromatic nitrogens is 3. The molecule has 0 spiro atoms. The third kappa shape index (κ3) is 7.07. The van der Waals surface area contributed by atoms with Gasteiger partial charge in [-0.3, -0.25) is 9.59 Å². The second-order valence-corrected chi connectivity index (χ2v) is 10.00. The molecule has 1 aromatic carbocycles. The lowest BCUT2D eigenvalue weighted by atomic mass is 9.92. The van der Waals surface area contributed by atoms with Gasteiger partial charge in [-0.1, -0.05) is 19.3 Å². The molecule has 8 heteroatoms. The summed E-state index contributed by atoms with van der Waals surface area (Å²) in [6.07, 6.45) is 11.2. The van der Waals surface area contributed by atoms with Crippen LogP contribution in [0.5, 0.6) is 0 Å². The molecule has 1 amide bonds. The van der Waals surface area contributed by atoms with Crippen molar-refractivity contribution in [2.45, 2.75) is 72.4 Å². The third-order valence-corrected chi connectivity index (χ3v) is 7.10. The van der Waals surface area contributed by atoms with Gasteiger partial charge in [0.1, 0.15) is 6.33 Å². The van der Waals surface area contributed by atoms with Crippen molar-refractivity contribution in [1.29, 1.82) is 0 Å². The molecule has 3 N–H and O–H groups in total. The van der Waals surface area contributed by atoms with E-state index in [9.17, 15) is 9.59 Å². The van der Waals surface area contributed by atoms with Gasteiger partial charge in [0.15, 0.2) is 0 Å². The van der Waals surface area contributed by atoms with Gasteiger partial charge in [-0.15, -0.1) is 0 Å². The zero-order valence-corrected chi connectivity index (χ0v) is 23.6. The molecule has 1 aliphatic carbocycles. The highest BCUT2D eigenvalue weighted by Crippen LogP contribution is 2.34. The minimum absolute atomic E-state index is 0.162. The molecule has 3 aromatic rings. The number of anilines is 1. The summed E-state index contributed by atoms with van der Waals surface area (Å²) in [6.45, 7) is 9.00. The molecule has 1 saturated carbocycles. The number of aromatic amines is 1. The van der Waals surface area contributed by atoms with E-state index in [0.717, 1.165) is 40.2 Å². The number of amides is 1. The molecule has 204 valence electrons. The number of carbonyl (C=O) groups excluding carboxylic acids is 1. The molecule has 0 unspecified atom stereocenters. The molecule has 1 fully saturated rings. The summed E-state index contributed by atoms with van der Waals surface area (Å²) in [5.41, 5.74) is 6.51. The zero-order valence-electron chi connectivity index (χ0n) is 23.6. The summed E-state index contributed by atoms with van der Waals surface area (Å²) in [7, 11) is 3.75. The highest BCUT2D eigenvalue weighted by atomic mass is 16.1. The van der Waals surface area contributed by atoms with Crippen LogP contribution < -0.4 is 21.1 Å². The Kier molecular flexibility index (Phi) is 10.6. The number of hydrogen-bond acceptors (Lipinski definition) is 6. The first-order chi connectivity index (χ1) is 18.3. The molecule has 4 rings (SSSR count). The summed E-state index contributed by atoms with van der Waals surface area (Å²) in [5, 5.41) is 5.74. The Morgan fingerprint density at radius 1 is 1.03 bits per heavy atom. The third-order valence-electron chi connectivity index (χ3n) is 7.10. The number of benzene rings is 1. The van der Waals surface area contributed by atoms with Crippen LogP contribution in [0.15, 0.2) is 41.7 Å². The number of pyridine rings is 1. The van der Waals surface area contributed by atoms with Crippen molar-refractivity contribution in [3.05, 3.63) is 75.2 Å². The smallest absolute Gasteiger partial charge is 0.253 e. The number of aryl methyl sites for hydroxylation is 2. The standard InChI is InChI=1S/C28H35N5O2.C2H7N/c1-5-33(23-9-7-6-8-10-23)26-13-21(22-14-29-17-30-15-22)12-24(20(26)4)27(34)31-16-25-18(2)11-19(3)32-28(25)35;1-3-2/h11-15,17,23H,5-10,16H2,1-4H3,(H,31,34)(H,32,35);3H,1-2H3. The molecule has 2 aromatic heterocycles. The molecular weight excluding hydrogens is 476 g/mol. The van der Waals surface area contributed by atoms with Crippen molar-refractivity contribution in [2.75, 3.05) is 25.5 Å². The fourth-order valence-electron chi connectivity index (χ4n) is 5.23. The SMILES string of the molecule is CCN(c1cc(-c2cncnc2)cc(C(=O)NCc2c(C)cc(C)[nH]c2=O)c1C)C1CCCCC1.CNC. The maximum absolute atomic E-state index is 13.5. The Balaban J connectivity index is 0.00000127. The van der Waals surface area contributed by atoms with Crippen molar-refractivity contribution in [2.24, 2.45) is 0 Å². The van der Waals surface area contributed by atoms with E-state index >= 15 is 0 Å². The number of carbonyl (C=O) groups is 1. The van der Waals surface area contributed by atoms with Gasteiger partial charge in [-0.25, -0.2) is 9.97 Å². The molecule has 8 nitrogen and oxygen atoms in total. The van der Waals surface area contributed by atoms with Gasteiger partial charge in [0, 0.05) is 59.6 Å². The minimum atomic E-state index is -0.193. The van der Waals surface area contributed by atoms with Gasteiger partial charge >= 0.3 is 0 Å². The zero-order chi connectivity index (χ0) is 27.7. The number of rotatable bonds is 7. The summed E-state index contributed by atoms with van der Waals surface area (Å²) in [5.74, 6) is -0.193. The van der Waals surface area contributed by atoms with Crippen LogP contribution in [0.3, 0.4) is 0 Å². The first-order valence-corrected chi connectivity index (χ1v) is 13.5. The largest absolute Gasteiger partial charge is 0.369 e. The van der Waals surface area contributed by atoms with Gasteiger partial charge < -0.3 is 20.5 Å². The van der Waals surface area contributed by atoms with E-state index in [2.05, 4.69) is 43.5 Å². The Morgan fingerprint density at radius 3 is 2.29 bits per heavy atom. The van der Waals surface area contributed by atoms with Crippen LogP contribution in [-0.4, -0.2) is 47.5 Å². The molecule has 1 aliphatic rings. The first kappa shape index (κ1) is 29.0. The topological polar surface area (TPSA) is 103 Å². The first-order valence-electron chi connectivity index (χ1n) is 13.5. The van der Waals surface area contributed by atoms with Crippen molar-refractivity contribution < 1.29 is 4.79 Å². The monoisotopic (exact) mass is 518 g/mol.